The number of hydrogen-bond acceptors (Lipinski definition) is 2. The van der Waals surface area contributed by atoms with Crippen molar-refractivity contribution in [1.29, 1.82) is 0 Å². The molecule has 14 heavy (non-hydrogen) atoms. The van der Waals surface area contributed by atoms with Crippen LogP contribution in [0.3, 0.4) is 0 Å². The van der Waals surface area contributed by atoms with E-state index in [9.17, 15) is 4.79 Å². The second-order valence-electron chi connectivity index (χ2n) is 3.73. The summed E-state index contributed by atoms with van der Waals surface area (Å²) in [5.74, 6) is 0.0744. The van der Waals surface area contributed by atoms with Gasteiger partial charge in [0.15, 0.2) is 0 Å². The molecule has 0 atom stereocenters. The molecule has 0 radical (unpaired) electrons. The van der Waals surface area contributed by atoms with Gasteiger partial charge in [-0.05, 0) is 25.3 Å². The first kappa shape index (κ1) is 9.24. The SMILES string of the molecule is Cn1ccc(C(=O)N2CCCCC2)n1. The average molecular weight is 193 g/mol. The van der Waals surface area contributed by atoms with E-state index >= 15 is 0 Å². The van der Waals surface area contributed by atoms with Gasteiger partial charge in [-0.2, -0.15) is 5.10 Å². The number of amides is 1. The molecule has 4 nitrogen and oxygen atoms in total. The Bertz CT molecular complexity index is 326. The molecule has 0 aliphatic carbocycles. The van der Waals surface area contributed by atoms with Gasteiger partial charge in [-0.1, -0.05) is 0 Å². The van der Waals surface area contributed by atoms with E-state index in [1.807, 2.05) is 11.9 Å². The van der Waals surface area contributed by atoms with Gasteiger partial charge < -0.3 is 4.90 Å². The Morgan fingerprint density at radius 1 is 1.36 bits per heavy atom. The molecular formula is C10H15N3O. The smallest absolute Gasteiger partial charge is 0.274 e. The first-order valence-electron chi connectivity index (χ1n) is 5.06. The van der Waals surface area contributed by atoms with Crippen LogP contribution in [-0.4, -0.2) is 33.7 Å². The van der Waals surface area contributed by atoms with Crippen molar-refractivity contribution in [3.05, 3.63) is 18.0 Å². The molecule has 76 valence electrons. The Balaban J connectivity index is 2.07. The minimum Gasteiger partial charge on any atom is -0.337 e. The molecule has 1 aromatic heterocycles. The molecule has 2 heterocycles. The van der Waals surface area contributed by atoms with Crippen molar-refractivity contribution in [2.24, 2.45) is 7.05 Å². The van der Waals surface area contributed by atoms with Crippen LogP contribution < -0.4 is 0 Å². The molecular weight excluding hydrogens is 178 g/mol. The molecule has 4 heteroatoms. The Hall–Kier alpha value is -1.32. The molecule has 2 rings (SSSR count). The third kappa shape index (κ3) is 1.78. The minimum atomic E-state index is 0.0744. The highest BCUT2D eigenvalue weighted by Crippen LogP contribution is 2.11. The second kappa shape index (κ2) is 3.82. The van der Waals surface area contributed by atoms with Gasteiger partial charge in [0.2, 0.25) is 0 Å². The summed E-state index contributed by atoms with van der Waals surface area (Å²) in [6.07, 6.45) is 5.29. The fraction of sp³-hybridized carbons (Fsp3) is 0.600. The van der Waals surface area contributed by atoms with Crippen LogP contribution >= 0.6 is 0 Å². The van der Waals surface area contributed by atoms with Crippen LogP contribution in [-0.2, 0) is 7.05 Å². The Kier molecular flexibility index (Phi) is 2.52. The molecule has 0 aromatic carbocycles. The van der Waals surface area contributed by atoms with Crippen LogP contribution in [0.4, 0.5) is 0 Å². The lowest BCUT2D eigenvalue weighted by molar-refractivity contribution is 0.0717. The van der Waals surface area contributed by atoms with Crippen molar-refractivity contribution < 1.29 is 4.79 Å². The van der Waals surface area contributed by atoms with Gasteiger partial charge in [-0.25, -0.2) is 0 Å². The number of carbonyl (C=O) groups is 1. The summed E-state index contributed by atoms with van der Waals surface area (Å²) in [4.78, 5) is 13.8. The van der Waals surface area contributed by atoms with Crippen molar-refractivity contribution >= 4 is 5.91 Å². The van der Waals surface area contributed by atoms with Gasteiger partial charge >= 0.3 is 0 Å². The molecule has 0 bridgehead atoms. The second-order valence-corrected chi connectivity index (χ2v) is 3.73. The Morgan fingerprint density at radius 3 is 2.64 bits per heavy atom. The summed E-state index contributed by atoms with van der Waals surface area (Å²) < 4.78 is 1.66. The van der Waals surface area contributed by atoms with E-state index in [2.05, 4.69) is 5.10 Å². The number of piperidine rings is 1. The summed E-state index contributed by atoms with van der Waals surface area (Å²) in [6, 6.07) is 1.77. The summed E-state index contributed by atoms with van der Waals surface area (Å²) in [5, 5.41) is 4.11. The zero-order valence-electron chi connectivity index (χ0n) is 8.44. The normalized spacial score (nSPS) is 17.1. The fourth-order valence-electron chi connectivity index (χ4n) is 1.79. The molecule has 1 aliphatic rings. The van der Waals surface area contributed by atoms with Crippen LogP contribution in [0.15, 0.2) is 12.3 Å². The molecule has 1 aliphatic heterocycles. The summed E-state index contributed by atoms with van der Waals surface area (Å²) in [5.41, 5.74) is 0.564. The highest BCUT2D eigenvalue weighted by molar-refractivity contribution is 5.92. The fourth-order valence-corrected chi connectivity index (χ4v) is 1.79. The molecule has 0 unspecified atom stereocenters. The van der Waals surface area contributed by atoms with Gasteiger partial charge in [-0.15, -0.1) is 0 Å². The van der Waals surface area contributed by atoms with Crippen LogP contribution in [0.25, 0.3) is 0 Å². The average Bonchev–Trinajstić information content (AvgIpc) is 2.65. The molecule has 1 amide bonds. The van der Waals surface area contributed by atoms with E-state index in [0.717, 1.165) is 25.9 Å². The predicted octanol–water partition coefficient (Wildman–Crippen LogP) is 1.05. The number of likely N-dealkylation sites (tertiary alicyclic amines) is 1. The maximum absolute atomic E-state index is 11.9. The summed E-state index contributed by atoms with van der Waals surface area (Å²) in [7, 11) is 1.83. The molecule has 1 fully saturated rings. The highest BCUT2D eigenvalue weighted by atomic mass is 16.2. The molecule has 0 saturated carbocycles. The van der Waals surface area contributed by atoms with Gasteiger partial charge in [0, 0.05) is 26.3 Å². The van der Waals surface area contributed by atoms with Crippen LogP contribution in [0.2, 0.25) is 0 Å². The molecule has 1 saturated heterocycles. The first-order valence-corrected chi connectivity index (χ1v) is 5.06. The quantitative estimate of drug-likeness (QED) is 0.668. The topological polar surface area (TPSA) is 38.1 Å². The van der Waals surface area contributed by atoms with Crippen LogP contribution in [0.5, 0.6) is 0 Å². The Morgan fingerprint density at radius 2 is 2.07 bits per heavy atom. The maximum Gasteiger partial charge on any atom is 0.274 e. The zero-order chi connectivity index (χ0) is 9.97. The van der Waals surface area contributed by atoms with Crippen molar-refractivity contribution in [2.45, 2.75) is 19.3 Å². The number of rotatable bonds is 1. The zero-order valence-corrected chi connectivity index (χ0v) is 8.44. The lowest BCUT2D eigenvalue weighted by Gasteiger charge is -2.25. The van der Waals surface area contributed by atoms with E-state index in [-0.39, 0.29) is 5.91 Å². The molecule has 0 spiro atoms. The van der Waals surface area contributed by atoms with E-state index in [0.29, 0.717) is 5.69 Å². The van der Waals surface area contributed by atoms with E-state index in [1.165, 1.54) is 6.42 Å². The monoisotopic (exact) mass is 193 g/mol. The lowest BCUT2D eigenvalue weighted by atomic mass is 10.1. The van der Waals surface area contributed by atoms with E-state index < -0.39 is 0 Å². The molecule has 1 aromatic rings. The van der Waals surface area contributed by atoms with Gasteiger partial charge in [-0.3, -0.25) is 9.48 Å². The van der Waals surface area contributed by atoms with E-state index in [1.54, 1.807) is 16.9 Å². The predicted molar refractivity (Wildman–Crippen MR) is 53.0 cm³/mol. The number of aryl methyl sites for hydroxylation is 1. The van der Waals surface area contributed by atoms with Gasteiger partial charge in [0.05, 0.1) is 0 Å². The summed E-state index contributed by atoms with van der Waals surface area (Å²) in [6.45, 7) is 1.77. The summed E-state index contributed by atoms with van der Waals surface area (Å²) >= 11 is 0. The number of hydrogen-bond donors (Lipinski definition) is 0. The maximum atomic E-state index is 11.9. The highest BCUT2D eigenvalue weighted by Gasteiger charge is 2.19. The van der Waals surface area contributed by atoms with Crippen molar-refractivity contribution in [3.8, 4) is 0 Å². The third-order valence-corrected chi connectivity index (χ3v) is 2.58. The number of carbonyl (C=O) groups excluding carboxylic acids is 1. The lowest BCUT2D eigenvalue weighted by Crippen LogP contribution is -2.35. The van der Waals surface area contributed by atoms with Crippen LogP contribution in [0.1, 0.15) is 29.8 Å². The van der Waals surface area contributed by atoms with Crippen molar-refractivity contribution in [1.82, 2.24) is 14.7 Å². The number of aromatic nitrogens is 2. The Labute approximate surface area is 83.5 Å². The van der Waals surface area contributed by atoms with Crippen molar-refractivity contribution in [2.75, 3.05) is 13.1 Å². The third-order valence-electron chi connectivity index (χ3n) is 2.58. The molecule has 0 N–H and O–H groups in total. The van der Waals surface area contributed by atoms with Crippen LogP contribution in [0, 0.1) is 0 Å². The van der Waals surface area contributed by atoms with Gasteiger partial charge in [0.25, 0.3) is 5.91 Å². The standard InChI is InChI=1S/C10H15N3O/c1-12-8-5-9(11-12)10(14)13-6-3-2-4-7-13/h5,8H,2-4,6-7H2,1H3. The van der Waals surface area contributed by atoms with Gasteiger partial charge in [0.1, 0.15) is 5.69 Å². The minimum absolute atomic E-state index is 0.0744. The first-order chi connectivity index (χ1) is 6.77. The van der Waals surface area contributed by atoms with Crippen molar-refractivity contribution in [3.63, 3.8) is 0 Å². The number of nitrogens with zero attached hydrogens (tertiary/aromatic N) is 3. The van der Waals surface area contributed by atoms with E-state index in [4.69, 9.17) is 0 Å². The largest absolute Gasteiger partial charge is 0.337 e.